The Hall–Kier alpha value is -1.88. The number of benzene rings is 1. The second-order valence-electron chi connectivity index (χ2n) is 4.89. The average molecular weight is 276 g/mol. The van der Waals surface area contributed by atoms with Crippen LogP contribution in [0.5, 0.6) is 0 Å². The molecule has 1 saturated heterocycles. The van der Waals surface area contributed by atoms with Crippen molar-refractivity contribution in [3.63, 3.8) is 0 Å². The van der Waals surface area contributed by atoms with Crippen molar-refractivity contribution in [3.05, 3.63) is 35.9 Å². The van der Waals surface area contributed by atoms with Crippen LogP contribution in [0.1, 0.15) is 17.9 Å². The van der Waals surface area contributed by atoms with Gasteiger partial charge in [0.1, 0.15) is 0 Å². The lowest BCUT2D eigenvalue weighted by molar-refractivity contribution is -0.142. The minimum absolute atomic E-state index is 0.0711. The van der Waals surface area contributed by atoms with Crippen LogP contribution in [0, 0.1) is 0 Å². The van der Waals surface area contributed by atoms with Crippen LogP contribution in [0.2, 0.25) is 0 Å². The van der Waals surface area contributed by atoms with Gasteiger partial charge in [0.15, 0.2) is 0 Å². The van der Waals surface area contributed by atoms with Gasteiger partial charge in [-0.05, 0) is 5.56 Å². The lowest BCUT2D eigenvalue weighted by Gasteiger charge is -2.24. The molecule has 1 aliphatic heterocycles. The Morgan fingerprint density at radius 1 is 1.35 bits per heavy atom. The van der Waals surface area contributed by atoms with Crippen LogP contribution in [0.15, 0.2) is 30.3 Å². The molecule has 0 saturated carbocycles. The number of nitrogens with zero attached hydrogens (tertiary/aromatic N) is 1. The van der Waals surface area contributed by atoms with Crippen LogP contribution >= 0.6 is 0 Å². The molecule has 1 fully saturated rings. The molecule has 1 aromatic rings. The number of nitrogens with one attached hydrogen (secondary N) is 1. The highest BCUT2D eigenvalue weighted by Gasteiger charge is 2.25. The molecule has 0 radical (unpaired) electrons. The molecule has 1 unspecified atom stereocenters. The quantitative estimate of drug-likeness (QED) is 0.825. The van der Waals surface area contributed by atoms with Gasteiger partial charge in [0.05, 0.1) is 13.0 Å². The Labute approximate surface area is 118 Å². The Kier molecular flexibility index (Phi) is 5.12. The van der Waals surface area contributed by atoms with Gasteiger partial charge in [-0.15, -0.1) is 0 Å². The minimum Gasteiger partial charge on any atom is -0.469 e. The maximum Gasteiger partial charge on any atom is 0.314 e. The summed E-state index contributed by atoms with van der Waals surface area (Å²) in [7, 11) is 1.41. The third kappa shape index (κ3) is 3.81. The zero-order valence-corrected chi connectivity index (χ0v) is 11.7. The molecule has 1 atom stereocenters. The average Bonchev–Trinajstić information content (AvgIpc) is 2.69. The van der Waals surface area contributed by atoms with E-state index in [0.717, 1.165) is 12.1 Å². The van der Waals surface area contributed by atoms with E-state index < -0.39 is 0 Å². The van der Waals surface area contributed by atoms with Crippen molar-refractivity contribution in [1.82, 2.24) is 10.2 Å². The number of carbonyl (C=O) groups excluding carboxylic acids is 2. The van der Waals surface area contributed by atoms with E-state index in [-0.39, 0.29) is 17.8 Å². The Morgan fingerprint density at radius 2 is 2.10 bits per heavy atom. The standard InChI is InChI=1S/C15H20N2O3/c1-20-15(19)13(12-5-3-2-4-6-12)11-17-9-7-14(18)16-8-10-17/h2-6,13H,7-11H2,1H3,(H,16,18). The zero-order valence-electron chi connectivity index (χ0n) is 11.7. The van der Waals surface area contributed by atoms with Gasteiger partial charge >= 0.3 is 5.97 Å². The van der Waals surface area contributed by atoms with Crippen molar-refractivity contribution in [1.29, 1.82) is 0 Å². The van der Waals surface area contributed by atoms with Gasteiger partial charge in [-0.2, -0.15) is 0 Å². The predicted octanol–water partition coefficient (Wildman–Crippen LogP) is 0.765. The van der Waals surface area contributed by atoms with Crippen molar-refractivity contribution in [2.24, 2.45) is 0 Å². The summed E-state index contributed by atoms with van der Waals surface area (Å²) in [5, 5.41) is 2.83. The fourth-order valence-electron chi connectivity index (χ4n) is 2.40. The topological polar surface area (TPSA) is 58.6 Å². The first-order valence-corrected chi connectivity index (χ1v) is 6.82. The van der Waals surface area contributed by atoms with E-state index in [2.05, 4.69) is 10.2 Å². The minimum atomic E-state index is -0.311. The summed E-state index contributed by atoms with van der Waals surface area (Å²) in [4.78, 5) is 25.5. The first-order valence-electron chi connectivity index (χ1n) is 6.82. The summed E-state index contributed by atoms with van der Waals surface area (Å²) in [5.41, 5.74) is 0.947. The van der Waals surface area contributed by atoms with Crippen LogP contribution in [-0.2, 0) is 14.3 Å². The molecule has 5 nitrogen and oxygen atoms in total. The van der Waals surface area contributed by atoms with Gasteiger partial charge in [0.25, 0.3) is 0 Å². The van der Waals surface area contributed by atoms with Crippen molar-refractivity contribution >= 4 is 11.9 Å². The molecule has 0 aromatic heterocycles. The molecule has 20 heavy (non-hydrogen) atoms. The van der Waals surface area contributed by atoms with E-state index in [1.807, 2.05) is 30.3 Å². The molecule has 0 spiro atoms. The van der Waals surface area contributed by atoms with Crippen LogP contribution in [0.25, 0.3) is 0 Å². The molecular formula is C15H20N2O3. The number of rotatable bonds is 4. The van der Waals surface area contributed by atoms with Crippen LogP contribution in [-0.4, -0.2) is 50.1 Å². The summed E-state index contributed by atoms with van der Waals surface area (Å²) < 4.78 is 4.91. The van der Waals surface area contributed by atoms with E-state index >= 15 is 0 Å². The number of methoxy groups -OCH3 is 1. The summed E-state index contributed by atoms with van der Waals surface area (Å²) in [6.45, 7) is 2.63. The number of esters is 1. The van der Waals surface area contributed by atoms with Crippen LogP contribution in [0.4, 0.5) is 0 Å². The fraction of sp³-hybridized carbons (Fsp3) is 0.467. The molecule has 1 amide bonds. The molecule has 1 N–H and O–H groups in total. The van der Waals surface area contributed by atoms with Gasteiger partial charge in [0.2, 0.25) is 5.91 Å². The molecule has 1 aromatic carbocycles. The lowest BCUT2D eigenvalue weighted by atomic mass is 9.98. The highest BCUT2D eigenvalue weighted by Crippen LogP contribution is 2.19. The number of hydrogen-bond donors (Lipinski definition) is 1. The van der Waals surface area contributed by atoms with E-state index in [9.17, 15) is 9.59 Å². The molecule has 0 bridgehead atoms. The third-order valence-electron chi connectivity index (χ3n) is 3.53. The molecule has 1 heterocycles. The molecule has 1 aliphatic rings. The number of hydrogen-bond acceptors (Lipinski definition) is 4. The SMILES string of the molecule is COC(=O)C(CN1CCNC(=O)CC1)c1ccccc1. The lowest BCUT2D eigenvalue weighted by Crippen LogP contribution is -2.35. The predicted molar refractivity (Wildman–Crippen MR) is 75.3 cm³/mol. The van der Waals surface area contributed by atoms with Crippen molar-refractivity contribution in [2.45, 2.75) is 12.3 Å². The fourth-order valence-corrected chi connectivity index (χ4v) is 2.40. The first kappa shape index (κ1) is 14.5. The second-order valence-corrected chi connectivity index (χ2v) is 4.89. The summed E-state index contributed by atoms with van der Waals surface area (Å²) >= 11 is 0. The first-order chi connectivity index (χ1) is 9.70. The summed E-state index contributed by atoms with van der Waals surface area (Å²) in [6.07, 6.45) is 0.475. The Balaban J connectivity index is 2.08. The van der Waals surface area contributed by atoms with Crippen molar-refractivity contribution in [2.75, 3.05) is 33.3 Å². The monoisotopic (exact) mass is 276 g/mol. The highest BCUT2D eigenvalue weighted by molar-refractivity contribution is 5.78. The summed E-state index contributed by atoms with van der Waals surface area (Å²) in [6, 6.07) is 9.62. The van der Waals surface area contributed by atoms with Crippen LogP contribution in [0.3, 0.4) is 0 Å². The van der Waals surface area contributed by atoms with Crippen molar-refractivity contribution in [3.8, 4) is 0 Å². The Morgan fingerprint density at radius 3 is 2.80 bits per heavy atom. The molecule has 5 heteroatoms. The highest BCUT2D eigenvalue weighted by atomic mass is 16.5. The Bertz CT molecular complexity index is 461. The summed E-state index contributed by atoms with van der Waals surface area (Å²) in [5.74, 6) is -0.476. The van der Waals surface area contributed by atoms with E-state index in [4.69, 9.17) is 4.74 Å². The number of amides is 1. The van der Waals surface area contributed by atoms with Gasteiger partial charge < -0.3 is 10.1 Å². The smallest absolute Gasteiger partial charge is 0.314 e. The third-order valence-corrected chi connectivity index (χ3v) is 3.53. The maximum absolute atomic E-state index is 12.0. The van der Waals surface area contributed by atoms with Gasteiger partial charge in [-0.1, -0.05) is 30.3 Å². The van der Waals surface area contributed by atoms with E-state index in [0.29, 0.717) is 26.1 Å². The van der Waals surface area contributed by atoms with Gasteiger partial charge in [-0.3, -0.25) is 14.5 Å². The van der Waals surface area contributed by atoms with E-state index in [1.54, 1.807) is 0 Å². The number of ether oxygens (including phenoxy) is 1. The molecule has 2 rings (SSSR count). The van der Waals surface area contributed by atoms with Crippen LogP contribution < -0.4 is 5.32 Å². The zero-order chi connectivity index (χ0) is 14.4. The van der Waals surface area contributed by atoms with Gasteiger partial charge in [-0.25, -0.2) is 0 Å². The maximum atomic E-state index is 12.0. The van der Waals surface area contributed by atoms with Gasteiger partial charge in [0, 0.05) is 32.6 Å². The normalized spacial score (nSPS) is 17.9. The largest absolute Gasteiger partial charge is 0.469 e. The molecule has 0 aliphatic carbocycles. The van der Waals surface area contributed by atoms with E-state index in [1.165, 1.54) is 7.11 Å². The second kappa shape index (κ2) is 7.05. The van der Waals surface area contributed by atoms with Crippen molar-refractivity contribution < 1.29 is 14.3 Å². The molecular weight excluding hydrogens is 256 g/mol. The molecule has 108 valence electrons. The number of carbonyl (C=O) groups is 2.